The summed E-state index contributed by atoms with van der Waals surface area (Å²) in [6.45, 7) is -0.295. The zero-order valence-electron chi connectivity index (χ0n) is 13.2. The molecule has 0 atom stereocenters. The number of para-hydroxylation sites is 2. The topological polar surface area (TPSA) is 96.3 Å². The Morgan fingerprint density at radius 1 is 1.24 bits per heavy atom. The van der Waals surface area contributed by atoms with Gasteiger partial charge < -0.3 is 19.6 Å². The lowest BCUT2D eigenvalue weighted by Gasteiger charge is -2.07. The van der Waals surface area contributed by atoms with Crippen LogP contribution in [-0.4, -0.2) is 29.7 Å². The van der Waals surface area contributed by atoms with Crippen LogP contribution in [0.3, 0.4) is 0 Å². The minimum Gasteiger partial charge on any atom is -0.493 e. The van der Waals surface area contributed by atoms with Gasteiger partial charge in [0.15, 0.2) is 23.8 Å². The van der Waals surface area contributed by atoms with Crippen molar-refractivity contribution in [1.29, 1.82) is 0 Å². The van der Waals surface area contributed by atoms with Crippen molar-refractivity contribution in [2.24, 2.45) is 10.2 Å². The van der Waals surface area contributed by atoms with Crippen LogP contribution in [0.2, 0.25) is 0 Å². The molecule has 0 aliphatic rings. The summed E-state index contributed by atoms with van der Waals surface area (Å²) < 4.78 is 11.4. The number of methoxy groups -OCH3 is 1. The second kappa shape index (κ2) is 7.35. The maximum Gasteiger partial charge on any atom is 0.302 e. The van der Waals surface area contributed by atoms with Crippen molar-refractivity contribution in [3.63, 3.8) is 0 Å². The fourth-order valence-electron chi connectivity index (χ4n) is 2.25. The Balaban J connectivity index is 1.73. The third-order valence-corrected chi connectivity index (χ3v) is 3.89. The minimum absolute atomic E-state index is 0.157. The van der Waals surface area contributed by atoms with Crippen molar-refractivity contribution >= 4 is 38.4 Å². The van der Waals surface area contributed by atoms with E-state index in [9.17, 15) is 9.90 Å². The number of aromatic amines is 1. The Bertz CT molecular complexity index is 952. The lowest BCUT2D eigenvalue weighted by molar-refractivity contribution is -0.120. The summed E-state index contributed by atoms with van der Waals surface area (Å²) in [6.07, 6.45) is 0. The molecule has 3 rings (SSSR count). The number of ether oxygens (including phenoxy) is 2. The number of aromatic nitrogens is 1. The molecule has 128 valence electrons. The highest BCUT2D eigenvalue weighted by atomic mass is 79.9. The molecule has 2 aromatic carbocycles. The molecule has 0 saturated carbocycles. The number of azo groups is 1. The quantitative estimate of drug-likeness (QED) is 0.619. The molecule has 1 amide bonds. The first-order chi connectivity index (χ1) is 12.1. The highest BCUT2D eigenvalue weighted by molar-refractivity contribution is 9.10. The van der Waals surface area contributed by atoms with Gasteiger partial charge in [0, 0.05) is 9.86 Å². The van der Waals surface area contributed by atoms with Gasteiger partial charge in [-0.05, 0) is 30.3 Å². The van der Waals surface area contributed by atoms with Gasteiger partial charge in [-0.15, -0.1) is 10.2 Å². The summed E-state index contributed by atoms with van der Waals surface area (Å²) in [5, 5.41) is 18.0. The van der Waals surface area contributed by atoms with Gasteiger partial charge in [-0.25, -0.2) is 0 Å². The average molecular weight is 404 g/mol. The van der Waals surface area contributed by atoms with Crippen LogP contribution in [0, 0.1) is 0 Å². The van der Waals surface area contributed by atoms with Crippen LogP contribution < -0.4 is 9.47 Å². The second-order valence-corrected chi connectivity index (χ2v) is 5.96. The van der Waals surface area contributed by atoms with E-state index < -0.39 is 5.91 Å². The molecule has 2 N–H and O–H groups in total. The number of benzene rings is 2. The number of carbonyl (C=O) groups excluding carboxylic acids is 1. The Hall–Kier alpha value is -2.87. The number of nitrogens with zero attached hydrogens (tertiary/aromatic N) is 2. The SMILES string of the molecule is COc1ccccc1OCC(=O)N=Nc1c(O)[nH]c2ccc(Br)cc12. The molecule has 0 bridgehead atoms. The summed E-state index contributed by atoms with van der Waals surface area (Å²) in [5.74, 6) is 0.212. The van der Waals surface area contributed by atoms with E-state index in [0.717, 1.165) is 4.47 Å². The van der Waals surface area contributed by atoms with Crippen molar-refractivity contribution < 1.29 is 19.4 Å². The van der Waals surface area contributed by atoms with Gasteiger partial charge in [-0.2, -0.15) is 0 Å². The monoisotopic (exact) mass is 403 g/mol. The normalized spacial score (nSPS) is 11.1. The fraction of sp³-hybridized carbons (Fsp3) is 0.118. The minimum atomic E-state index is -0.588. The number of nitrogens with one attached hydrogen (secondary N) is 1. The van der Waals surface area contributed by atoms with E-state index in [2.05, 4.69) is 31.1 Å². The molecule has 25 heavy (non-hydrogen) atoms. The Labute approximate surface area is 151 Å². The number of carbonyl (C=O) groups is 1. The standard InChI is InChI=1S/C17H14BrN3O4/c1-24-13-4-2-3-5-14(13)25-9-15(22)20-21-16-11-8-10(18)6-7-12(11)19-17(16)23/h2-8,19,23H,9H2,1H3. The molecule has 0 aliphatic carbocycles. The van der Waals surface area contributed by atoms with Gasteiger partial charge in [0.05, 0.1) is 12.6 Å². The number of halogens is 1. The molecule has 1 heterocycles. The number of rotatable bonds is 5. The summed E-state index contributed by atoms with van der Waals surface area (Å²) >= 11 is 3.35. The molecule has 0 spiro atoms. The van der Waals surface area contributed by atoms with E-state index in [1.807, 2.05) is 6.07 Å². The lowest BCUT2D eigenvalue weighted by Crippen LogP contribution is -2.08. The third kappa shape index (κ3) is 3.80. The van der Waals surface area contributed by atoms with Gasteiger partial charge >= 0.3 is 5.91 Å². The van der Waals surface area contributed by atoms with E-state index in [-0.39, 0.29) is 18.2 Å². The molecular weight excluding hydrogens is 390 g/mol. The second-order valence-electron chi connectivity index (χ2n) is 5.05. The first kappa shape index (κ1) is 17.0. The summed E-state index contributed by atoms with van der Waals surface area (Å²) in [7, 11) is 1.52. The number of hydrogen-bond donors (Lipinski definition) is 2. The van der Waals surface area contributed by atoms with Crippen LogP contribution in [0.5, 0.6) is 17.4 Å². The Morgan fingerprint density at radius 3 is 2.76 bits per heavy atom. The number of fused-ring (bicyclic) bond motifs is 1. The van der Waals surface area contributed by atoms with Crippen LogP contribution >= 0.6 is 15.9 Å². The van der Waals surface area contributed by atoms with Crippen LogP contribution in [0.15, 0.2) is 57.2 Å². The van der Waals surface area contributed by atoms with Crippen LogP contribution in [-0.2, 0) is 4.79 Å². The summed E-state index contributed by atoms with van der Waals surface area (Å²) in [6, 6.07) is 12.4. The van der Waals surface area contributed by atoms with E-state index in [1.165, 1.54) is 7.11 Å². The molecule has 8 heteroatoms. The highest BCUT2D eigenvalue weighted by Crippen LogP contribution is 2.36. The number of H-pyrrole nitrogens is 1. The number of aromatic hydroxyl groups is 1. The maximum absolute atomic E-state index is 11.9. The summed E-state index contributed by atoms with van der Waals surface area (Å²) in [5.41, 5.74) is 0.884. The van der Waals surface area contributed by atoms with Gasteiger partial charge in [0.2, 0.25) is 5.88 Å². The third-order valence-electron chi connectivity index (χ3n) is 3.40. The maximum atomic E-state index is 11.9. The number of hydrogen-bond acceptors (Lipinski definition) is 5. The number of amides is 1. The van der Waals surface area contributed by atoms with Gasteiger partial charge in [0.25, 0.3) is 0 Å². The molecule has 0 aliphatic heterocycles. The van der Waals surface area contributed by atoms with Crippen LogP contribution in [0.25, 0.3) is 10.9 Å². The zero-order chi connectivity index (χ0) is 17.8. The highest BCUT2D eigenvalue weighted by Gasteiger charge is 2.12. The molecule has 1 aromatic heterocycles. The van der Waals surface area contributed by atoms with Crippen LogP contribution in [0.1, 0.15) is 0 Å². The van der Waals surface area contributed by atoms with Crippen molar-refractivity contribution in [1.82, 2.24) is 4.98 Å². The van der Waals surface area contributed by atoms with Gasteiger partial charge in [-0.3, -0.25) is 4.79 Å². The van der Waals surface area contributed by atoms with Crippen molar-refractivity contribution in [2.75, 3.05) is 13.7 Å². The smallest absolute Gasteiger partial charge is 0.302 e. The van der Waals surface area contributed by atoms with Gasteiger partial charge in [-0.1, -0.05) is 28.1 Å². The lowest BCUT2D eigenvalue weighted by atomic mass is 10.2. The van der Waals surface area contributed by atoms with E-state index in [1.54, 1.807) is 36.4 Å². The van der Waals surface area contributed by atoms with E-state index >= 15 is 0 Å². The fourth-order valence-corrected chi connectivity index (χ4v) is 2.61. The Kier molecular flexibility index (Phi) is 4.99. The van der Waals surface area contributed by atoms with Crippen LogP contribution in [0.4, 0.5) is 5.69 Å². The predicted molar refractivity (Wildman–Crippen MR) is 95.7 cm³/mol. The molecule has 0 fully saturated rings. The van der Waals surface area contributed by atoms with Crippen molar-refractivity contribution in [2.45, 2.75) is 0 Å². The molecule has 3 aromatic rings. The molecule has 0 saturated heterocycles. The van der Waals surface area contributed by atoms with E-state index in [0.29, 0.717) is 22.4 Å². The first-order valence-electron chi connectivity index (χ1n) is 7.29. The molecule has 0 radical (unpaired) electrons. The molecule has 7 nitrogen and oxygen atoms in total. The summed E-state index contributed by atoms with van der Waals surface area (Å²) in [4.78, 5) is 14.7. The molecule has 0 unspecified atom stereocenters. The van der Waals surface area contributed by atoms with Gasteiger partial charge in [0.1, 0.15) is 0 Å². The average Bonchev–Trinajstić information content (AvgIpc) is 2.93. The molecular formula is C17H14BrN3O4. The largest absolute Gasteiger partial charge is 0.493 e. The van der Waals surface area contributed by atoms with Crippen molar-refractivity contribution in [3.05, 3.63) is 46.9 Å². The Morgan fingerprint density at radius 2 is 2.00 bits per heavy atom. The van der Waals surface area contributed by atoms with Crippen molar-refractivity contribution in [3.8, 4) is 17.4 Å². The van der Waals surface area contributed by atoms with E-state index in [4.69, 9.17) is 9.47 Å². The zero-order valence-corrected chi connectivity index (χ0v) is 14.8. The first-order valence-corrected chi connectivity index (χ1v) is 8.08. The predicted octanol–water partition coefficient (Wildman–Crippen LogP) is 4.33.